The molecule has 0 saturated carbocycles. The molecule has 2 rings (SSSR count). The Kier molecular flexibility index (Phi) is 4.15. The smallest absolute Gasteiger partial charge is 0.328 e. The second-order valence-electron chi connectivity index (χ2n) is 5.31. The van der Waals surface area contributed by atoms with Crippen LogP contribution in [-0.4, -0.2) is 52.7 Å². The molecule has 4 atom stereocenters. The molecule has 112 valence electrons. The van der Waals surface area contributed by atoms with Crippen molar-refractivity contribution in [3.05, 3.63) is 0 Å². The van der Waals surface area contributed by atoms with Crippen LogP contribution in [0, 0.1) is 5.92 Å². The van der Waals surface area contributed by atoms with Crippen LogP contribution in [0.25, 0.3) is 0 Å². The van der Waals surface area contributed by atoms with Gasteiger partial charge in [0.1, 0.15) is 6.04 Å². The maximum atomic E-state index is 12.2. The number of urea groups is 1. The first-order chi connectivity index (χ1) is 9.45. The lowest BCUT2D eigenvalue weighted by molar-refractivity contribution is -0.145. The number of esters is 1. The minimum atomic E-state index is -0.853. The van der Waals surface area contributed by atoms with Crippen LogP contribution < -0.4 is 5.32 Å². The molecule has 20 heavy (non-hydrogen) atoms. The first-order valence-electron chi connectivity index (χ1n) is 6.94. The van der Waals surface area contributed by atoms with E-state index in [1.807, 2.05) is 0 Å². The third-order valence-electron chi connectivity index (χ3n) is 4.07. The van der Waals surface area contributed by atoms with Crippen LogP contribution in [-0.2, 0) is 14.3 Å². The highest BCUT2D eigenvalue weighted by Crippen LogP contribution is 2.41. The zero-order chi connectivity index (χ0) is 14.9. The molecule has 4 unspecified atom stereocenters. The van der Waals surface area contributed by atoms with E-state index >= 15 is 0 Å². The number of nitrogens with one attached hydrogen (secondary N) is 1. The lowest BCUT2D eigenvalue weighted by atomic mass is 9.89. The Balaban J connectivity index is 1.97. The number of hydrogen-bond acceptors (Lipinski definition) is 4. The Morgan fingerprint density at radius 2 is 2.10 bits per heavy atom. The van der Waals surface area contributed by atoms with E-state index in [0.717, 1.165) is 6.42 Å². The molecule has 0 aromatic heterocycles. The summed E-state index contributed by atoms with van der Waals surface area (Å²) in [4.78, 5) is 36.4. The van der Waals surface area contributed by atoms with E-state index in [9.17, 15) is 14.4 Å². The van der Waals surface area contributed by atoms with Gasteiger partial charge in [-0.3, -0.25) is 4.79 Å². The largest absolute Gasteiger partial charge is 0.481 e. The van der Waals surface area contributed by atoms with E-state index in [1.54, 1.807) is 18.7 Å². The second kappa shape index (κ2) is 5.68. The lowest BCUT2D eigenvalue weighted by Crippen LogP contribution is -2.49. The highest BCUT2D eigenvalue weighted by atomic mass is 16.5. The monoisotopic (exact) mass is 284 g/mol. The van der Waals surface area contributed by atoms with Gasteiger partial charge in [-0.05, 0) is 33.1 Å². The fourth-order valence-corrected chi connectivity index (χ4v) is 3.16. The number of carbonyl (C=O) groups is 3. The van der Waals surface area contributed by atoms with Gasteiger partial charge in [-0.25, -0.2) is 9.59 Å². The van der Waals surface area contributed by atoms with Gasteiger partial charge >= 0.3 is 18.0 Å². The summed E-state index contributed by atoms with van der Waals surface area (Å²) in [6.45, 7) is 3.52. The minimum Gasteiger partial charge on any atom is -0.481 e. The van der Waals surface area contributed by atoms with E-state index in [0.29, 0.717) is 12.8 Å². The van der Waals surface area contributed by atoms with E-state index in [1.165, 1.54) is 0 Å². The number of aliphatic carboxylic acids is 1. The predicted molar refractivity (Wildman–Crippen MR) is 69.0 cm³/mol. The SMILES string of the molecule is CCOC(=O)C(C)NC(=O)N1C2CCC1C(C(=O)O)C2. The summed E-state index contributed by atoms with van der Waals surface area (Å²) in [7, 11) is 0. The molecule has 2 N–H and O–H groups in total. The van der Waals surface area contributed by atoms with Crippen LogP contribution in [0.5, 0.6) is 0 Å². The van der Waals surface area contributed by atoms with E-state index in [4.69, 9.17) is 9.84 Å². The van der Waals surface area contributed by atoms with Crippen LogP contribution in [0.15, 0.2) is 0 Å². The van der Waals surface area contributed by atoms with Gasteiger partial charge in [-0.15, -0.1) is 0 Å². The number of hydrogen-bond donors (Lipinski definition) is 2. The number of amides is 2. The molecule has 0 radical (unpaired) electrons. The average Bonchev–Trinajstić information content (AvgIpc) is 2.96. The van der Waals surface area contributed by atoms with Gasteiger partial charge in [-0.1, -0.05) is 0 Å². The average molecular weight is 284 g/mol. The van der Waals surface area contributed by atoms with Crippen molar-refractivity contribution in [2.75, 3.05) is 6.61 Å². The molecule has 2 heterocycles. The van der Waals surface area contributed by atoms with Gasteiger partial charge in [0.15, 0.2) is 0 Å². The van der Waals surface area contributed by atoms with Crippen LogP contribution in [0.3, 0.4) is 0 Å². The van der Waals surface area contributed by atoms with Crippen molar-refractivity contribution in [3.8, 4) is 0 Å². The summed E-state index contributed by atoms with van der Waals surface area (Å²) < 4.78 is 4.83. The lowest BCUT2D eigenvalue weighted by Gasteiger charge is -2.25. The molecule has 2 aliphatic heterocycles. The highest BCUT2D eigenvalue weighted by molar-refractivity contribution is 5.85. The summed E-state index contributed by atoms with van der Waals surface area (Å²) in [6, 6.07) is -1.39. The van der Waals surface area contributed by atoms with E-state index in [-0.39, 0.29) is 24.7 Å². The van der Waals surface area contributed by atoms with Crippen molar-refractivity contribution in [3.63, 3.8) is 0 Å². The van der Waals surface area contributed by atoms with Crippen LogP contribution in [0.2, 0.25) is 0 Å². The molecule has 0 aromatic rings. The summed E-state index contributed by atoms with van der Waals surface area (Å²) in [5, 5.41) is 11.7. The maximum absolute atomic E-state index is 12.2. The number of fused-ring (bicyclic) bond motifs is 2. The summed E-state index contributed by atoms with van der Waals surface area (Å²) in [6.07, 6.45) is 2.04. The number of ether oxygens (including phenoxy) is 1. The predicted octanol–water partition coefficient (Wildman–Crippen LogP) is 0.585. The molecule has 0 aliphatic carbocycles. The van der Waals surface area contributed by atoms with Gasteiger partial charge in [0.05, 0.1) is 12.5 Å². The van der Waals surface area contributed by atoms with E-state index < -0.39 is 23.9 Å². The Hall–Kier alpha value is -1.79. The first kappa shape index (κ1) is 14.6. The zero-order valence-corrected chi connectivity index (χ0v) is 11.7. The number of rotatable bonds is 4. The van der Waals surface area contributed by atoms with E-state index in [2.05, 4.69) is 5.32 Å². The number of carbonyl (C=O) groups excluding carboxylic acids is 2. The van der Waals surface area contributed by atoms with Crippen LogP contribution in [0.4, 0.5) is 4.79 Å². The Bertz CT molecular complexity index is 425. The standard InChI is InChI=1S/C13H20N2O5/c1-3-20-12(18)7(2)14-13(19)15-8-4-5-10(15)9(6-8)11(16)17/h7-10H,3-6H2,1-2H3,(H,14,19)(H,16,17). The molecule has 0 spiro atoms. The second-order valence-corrected chi connectivity index (χ2v) is 5.31. The minimum absolute atomic E-state index is 0.0319. The van der Waals surface area contributed by atoms with Crippen molar-refractivity contribution >= 4 is 18.0 Å². The molecule has 2 fully saturated rings. The quantitative estimate of drug-likeness (QED) is 0.736. The summed E-state index contributed by atoms with van der Waals surface area (Å²) >= 11 is 0. The highest BCUT2D eigenvalue weighted by Gasteiger charge is 2.51. The third kappa shape index (κ3) is 2.57. The Morgan fingerprint density at radius 1 is 1.40 bits per heavy atom. The molecule has 2 aliphatic rings. The molecule has 2 saturated heterocycles. The summed E-state index contributed by atoms with van der Waals surface area (Å²) in [5.74, 6) is -1.83. The number of carboxylic acid groups (broad SMARTS) is 1. The van der Waals surface area contributed by atoms with Crippen molar-refractivity contribution in [2.24, 2.45) is 5.92 Å². The van der Waals surface area contributed by atoms with Crippen LogP contribution >= 0.6 is 0 Å². The molecule has 2 bridgehead atoms. The first-order valence-corrected chi connectivity index (χ1v) is 6.94. The van der Waals surface area contributed by atoms with Gasteiger partial charge in [0, 0.05) is 12.1 Å². The molecule has 7 heteroatoms. The molecule has 2 amide bonds. The molecular formula is C13H20N2O5. The topological polar surface area (TPSA) is 95.9 Å². The molecular weight excluding hydrogens is 264 g/mol. The van der Waals surface area contributed by atoms with Crippen molar-refractivity contribution in [1.29, 1.82) is 0 Å². The molecule has 7 nitrogen and oxygen atoms in total. The van der Waals surface area contributed by atoms with Crippen molar-refractivity contribution in [1.82, 2.24) is 10.2 Å². The van der Waals surface area contributed by atoms with Crippen molar-refractivity contribution in [2.45, 2.75) is 51.2 Å². The Morgan fingerprint density at radius 3 is 2.65 bits per heavy atom. The van der Waals surface area contributed by atoms with Gasteiger partial charge in [0.25, 0.3) is 0 Å². The fourth-order valence-electron chi connectivity index (χ4n) is 3.16. The Labute approximate surface area is 117 Å². The van der Waals surface area contributed by atoms with Crippen molar-refractivity contribution < 1.29 is 24.2 Å². The van der Waals surface area contributed by atoms with Gasteiger partial charge in [-0.2, -0.15) is 0 Å². The summed E-state index contributed by atoms with van der Waals surface area (Å²) in [5.41, 5.74) is 0. The van der Waals surface area contributed by atoms with Gasteiger partial charge < -0.3 is 20.1 Å². The fraction of sp³-hybridized carbons (Fsp3) is 0.769. The third-order valence-corrected chi connectivity index (χ3v) is 4.07. The zero-order valence-electron chi connectivity index (χ0n) is 11.7. The number of nitrogens with zero attached hydrogens (tertiary/aromatic N) is 1. The van der Waals surface area contributed by atoms with Crippen LogP contribution in [0.1, 0.15) is 33.1 Å². The molecule has 0 aromatic carbocycles. The normalized spacial score (nSPS) is 29.1. The van der Waals surface area contributed by atoms with Gasteiger partial charge in [0.2, 0.25) is 0 Å². The maximum Gasteiger partial charge on any atom is 0.328 e. The number of carboxylic acids is 1.